The number of rotatable bonds is 5. The van der Waals surface area contributed by atoms with Crippen LogP contribution in [-0.4, -0.2) is 18.0 Å². The van der Waals surface area contributed by atoms with Crippen molar-refractivity contribution in [3.63, 3.8) is 0 Å². The van der Waals surface area contributed by atoms with Crippen molar-refractivity contribution in [2.75, 3.05) is 12.4 Å². The second-order valence-corrected chi connectivity index (χ2v) is 6.45. The van der Waals surface area contributed by atoms with Gasteiger partial charge in [-0.2, -0.15) is 11.3 Å². The molecule has 0 atom stereocenters. The summed E-state index contributed by atoms with van der Waals surface area (Å²) in [6.45, 7) is 3.40. The third kappa shape index (κ3) is 3.70. The van der Waals surface area contributed by atoms with Gasteiger partial charge in [-0.3, -0.25) is 0 Å². The summed E-state index contributed by atoms with van der Waals surface area (Å²) in [6, 6.07) is 2.21. The smallest absolute Gasteiger partial charge is 0.0406 e. The first-order chi connectivity index (χ1) is 8.24. The molecule has 96 valence electrons. The van der Waals surface area contributed by atoms with Crippen LogP contribution in [0.2, 0.25) is 0 Å². The maximum atomic E-state index is 6.19. The van der Waals surface area contributed by atoms with Crippen molar-refractivity contribution in [2.24, 2.45) is 5.92 Å². The molecule has 0 amide bonds. The fourth-order valence-corrected chi connectivity index (χ4v) is 3.64. The third-order valence-corrected chi connectivity index (χ3v) is 5.22. The molecule has 3 heteroatoms. The maximum absolute atomic E-state index is 6.19. The van der Waals surface area contributed by atoms with Crippen LogP contribution in [0.5, 0.6) is 0 Å². The van der Waals surface area contributed by atoms with Crippen LogP contribution in [0.3, 0.4) is 0 Å². The Bertz CT molecular complexity index is 315. The molecule has 17 heavy (non-hydrogen) atoms. The first-order valence-corrected chi connectivity index (χ1v) is 8.04. The molecule has 1 aromatic rings. The molecule has 0 bridgehead atoms. The molecule has 1 nitrogen and oxygen atoms in total. The summed E-state index contributed by atoms with van der Waals surface area (Å²) in [7, 11) is 0. The zero-order valence-electron chi connectivity index (χ0n) is 10.5. The van der Waals surface area contributed by atoms with E-state index in [-0.39, 0.29) is 5.54 Å². The zero-order valence-corrected chi connectivity index (χ0v) is 12.1. The second kappa shape index (κ2) is 6.21. The zero-order chi connectivity index (χ0) is 12.1. The van der Waals surface area contributed by atoms with Crippen LogP contribution >= 0.6 is 22.9 Å². The lowest BCUT2D eigenvalue weighted by Crippen LogP contribution is -2.50. The largest absolute Gasteiger partial charge is 0.310 e. The van der Waals surface area contributed by atoms with Crippen molar-refractivity contribution < 1.29 is 0 Å². The van der Waals surface area contributed by atoms with Crippen molar-refractivity contribution >= 4 is 22.9 Å². The van der Waals surface area contributed by atoms with Gasteiger partial charge in [0.15, 0.2) is 0 Å². The average Bonchev–Trinajstić information content (AvgIpc) is 2.85. The van der Waals surface area contributed by atoms with E-state index in [0.29, 0.717) is 0 Å². The first kappa shape index (κ1) is 13.4. The first-order valence-electron chi connectivity index (χ1n) is 6.56. The van der Waals surface area contributed by atoms with Gasteiger partial charge in [0.1, 0.15) is 0 Å². The van der Waals surface area contributed by atoms with Gasteiger partial charge >= 0.3 is 0 Å². The molecular weight excluding hydrogens is 250 g/mol. The van der Waals surface area contributed by atoms with Crippen molar-refractivity contribution in [1.29, 1.82) is 0 Å². The topological polar surface area (TPSA) is 12.0 Å². The number of nitrogens with one attached hydrogen (secondary N) is 1. The van der Waals surface area contributed by atoms with Gasteiger partial charge in [0.05, 0.1) is 0 Å². The molecular formula is C14H22ClNS. The highest BCUT2D eigenvalue weighted by Gasteiger charge is 2.32. The molecule has 1 aliphatic rings. The monoisotopic (exact) mass is 271 g/mol. The quantitative estimate of drug-likeness (QED) is 0.796. The number of hydrogen-bond acceptors (Lipinski definition) is 2. The SMILES string of the molecule is CC1CCC(CCl)(NCCc2ccsc2)CC1. The molecule has 1 fully saturated rings. The lowest BCUT2D eigenvalue weighted by atomic mass is 9.78. The molecule has 0 aliphatic heterocycles. The minimum Gasteiger partial charge on any atom is -0.310 e. The number of hydrogen-bond donors (Lipinski definition) is 1. The van der Waals surface area contributed by atoms with Gasteiger partial charge in [-0.05, 0) is 67.0 Å². The van der Waals surface area contributed by atoms with Gasteiger partial charge in [-0.15, -0.1) is 11.6 Å². The highest BCUT2D eigenvalue weighted by atomic mass is 35.5. The standard InChI is InChI=1S/C14H22ClNS/c1-12-2-6-14(11-15,7-3-12)16-8-4-13-5-9-17-10-13/h5,9-10,12,16H,2-4,6-8,11H2,1H3. The summed E-state index contributed by atoms with van der Waals surface area (Å²) in [6.07, 6.45) is 6.23. The van der Waals surface area contributed by atoms with E-state index in [9.17, 15) is 0 Å². The maximum Gasteiger partial charge on any atom is 0.0406 e. The summed E-state index contributed by atoms with van der Waals surface area (Å²) in [5.74, 6) is 1.63. The van der Waals surface area contributed by atoms with E-state index in [1.54, 1.807) is 11.3 Å². The summed E-state index contributed by atoms with van der Waals surface area (Å²) in [5, 5.41) is 8.10. The Kier molecular flexibility index (Phi) is 4.89. The summed E-state index contributed by atoms with van der Waals surface area (Å²) >= 11 is 7.96. The van der Waals surface area contributed by atoms with E-state index in [1.807, 2.05) is 0 Å². The van der Waals surface area contributed by atoms with E-state index < -0.39 is 0 Å². The van der Waals surface area contributed by atoms with Gasteiger partial charge in [-0.1, -0.05) is 6.92 Å². The van der Waals surface area contributed by atoms with E-state index in [2.05, 4.69) is 29.1 Å². The Morgan fingerprint density at radius 2 is 2.24 bits per heavy atom. The van der Waals surface area contributed by atoms with E-state index >= 15 is 0 Å². The number of thiophene rings is 1. The lowest BCUT2D eigenvalue weighted by molar-refractivity contribution is 0.219. The molecule has 0 radical (unpaired) electrons. The van der Waals surface area contributed by atoms with E-state index in [1.165, 1.54) is 31.2 Å². The van der Waals surface area contributed by atoms with Gasteiger partial charge < -0.3 is 5.32 Å². The Balaban J connectivity index is 1.79. The Morgan fingerprint density at radius 3 is 2.82 bits per heavy atom. The Labute approximate surface area is 114 Å². The average molecular weight is 272 g/mol. The molecule has 0 spiro atoms. The van der Waals surface area contributed by atoms with Crippen LogP contribution < -0.4 is 5.32 Å². The number of halogens is 1. The Morgan fingerprint density at radius 1 is 1.47 bits per heavy atom. The highest BCUT2D eigenvalue weighted by molar-refractivity contribution is 7.07. The summed E-state index contributed by atoms with van der Waals surface area (Å²) in [4.78, 5) is 0. The van der Waals surface area contributed by atoms with Crippen molar-refractivity contribution in [3.05, 3.63) is 22.4 Å². The van der Waals surface area contributed by atoms with Crippen LogP contribution in [0, 0.1) is 5.92 Å². The van der Waals surface area contributed by atoms with Crippen LogP contribution in [0.25, 0.3) is 0 Å². The molecule has 0 unspecified atom stereocenters. The van der Waals surface area contributed by atoms with Crippen LogP contribution in [0.15, 0.2) is 16.8 Å². The van der Waals surface area contributed by atoms with Crippen molar-refractivity contribution in [3.8, 4) is 0 Å². The van der Waals surface area contributed by atoms with Crippen LogP contribution in [-0.2, 0) is 6.42 Å². The van der Waals surface area contributed by atoms with Crippen molar-refractivity contribution in [2.45, 2.75) is 44.6 Å². The fraction of sp³-hybridized carbons (Fsp3) is 0.714. The molecule has 1 heterocycles. The second-order valence-electron chi connectivity index (χ2n) is 5.40. The molecule has 2 rings (SSSR count). The summed E-state index contributed by atoms with van der Waals surface area (Å²) < 4.78 is 0. The molecule has 0 aromatic carbocycles. The van der Waals surface area contributed by atoms with E-state index in [0.717, 1.165) is 24.8 Å². The van der Waals surface area contributed by atoms with Gasteiger partial charge in [0.2, 0.25) is 0 Å². The lowest BCUT2D eigenvalue weighted by Gasteiger charge is -2.39. The van der Waals surface area contributed by atoms with E-state index in [4.69, 9.17) is 11.6 Å². The molecule has 0 saturated heterocycles. The molecule has 1 saturated carbocycles. The van der Waals surface area contributed by atoms with Gasteiger partial charge in [-0.25, -0.2) is 0 Å². The van der Waals surface area contributed by atoms with Gasteiger partial charge in [0, 0.05) is 11.4 Å². The Hall–Kier alpha value is -0.0500. The van der Waals surface area contributed by atoms with Gasteiger partial charge in [0.25, 0.3) is 0 Å². The van der Waals surface area contributed by atoms with Crippen LogP contribution in [0.4, 0.5) is 0 Å². The normalized spacial score (nSPS) is 29.4. The highest BCUT2D eigenvalue weighted by Crippen LogP contribution is 2.32. The van der Waals surface area contributed by atoms with Crippen molar-refractivity contribution in [1.82, 2.24) is 5.32 Å². The predicted molar refractivity (Wildman–Crippen MR) is 77.1 cm³/mol. The summed E-state index contributed by atoms with van der Waals surface area (Å²) in [5.41, 5.74) is 1.65. The molecule has 1 aliphatic carbocycles. The number of alkyl halides is 1. The van der Waals surface area contributed by atoms with Crippen LogP contribution in [0.1, 0.15) is 38.2 Å². The minimum atomic E-state index is 0.212. The fourth-order valence-electron chi connectivity index (χ4n) is 2.58. The minimum absolute atomic E-state index is 0.212. The third-order valence-electron chi connectivity index (χ3n) is 3.98. The predicted octanol–water partition coefficient (Wildman–Crippen LogP) is 4.07. The molecule has 1 N–H and O–H groups in total. The molecule has 1 aromatic heterocycles.